The smallest absolute Gasteiger partial charge is 0.172 e. The number of aliphatic hydroxyl groups excluding tert-OH is 1. The number of halogens is 1. The summed E-state index contributed by atoms with van der Waals surface area (Å²) < 4.78 is 14.9. The van der Waals surface area contributed by atoms with E-state index < -0.39 is 0 Å². The van der Waals surface area contributed by atoms with E-state index in [1.807, 2.05) is 6.07 Å². The van der Waals surface area contributed by atoms with Crippen molar-refractivity contribution in [2.24, 2.45) is 0 Å². The lowest BCUT2D eigenvalue weighted by atomic mass is 10.3. The Morgan fingerprint density at radius 2 is 2.31 bits per heavy atom. The van der Waals surface area contributed by atoms with Crippen LogP contribution in [0.4, 0.5) is 4.39 Å². The summed E-state index contributed by atoms with van der Waals surface area (Å²) in [6.07, 6.45) is 3.43. The van der Waals surface area contributed by atoms with Gasteiger partial charge in [0.25, 0.3) is 0 Å². The largest absolute Gasteiger partial charge is 0.396 e. The zero-order valence-electron chi connectivity index (χ0n) is 8.51. The van der Waals surface area contributed by atoms with Crippen LogP contribution in [0, 0.1) is 5.82 Å². The molecule has 0 radical (unpaired) electrons. The lowest BCUT2D eigenvalue weighted by Gasteiger charge is -2.06. The highest BCUT2D eigenvalue weighted by Gasteiger charge is 2.05. The van der Waals surface area contributed by atoms with Crippen LogP contribution in [0.2, 0.25) is 0 Å². The van der Waals surface area contributed by atoms with E-state index in [2.05, 4.69) is 4.98 Å². The monoisotopic (exact) mass is 238 g/mol. The number of thioether (sulfide) groups is 1. The standard InChI is InChI=1S/C11H11FN2OS/c12-9-2-1-3-10(8-9)14-5-4-13-11(14)16-7-6-15/h1-5,8,15H,6-7H2. The van der Waals surface area contributed by atoms with E-state index in [-0.39, 0.29) is 12.4 Å². The molecule has 0 aliphatic carbocycles. The van der Waals surface area contributed by atoms with E-state index in [4.69, 9.17) is 5.11 Å². The van der Waals surface area contributed by atoms with Gasteiger partial charge in [-0.1, -0.05) is 17.8 Å². The van der Waals surface area contributed by atoms with Crippen molar-refractivity contribution in [1.82, 2.24) is 9.55 Å². The van der Waals surface area contributed by atoms with Crippen molar-refractivity contribution >= 4 is 11.8 Å². The Morgan fingerprint density at radius 3 is 3.06 bits per heavy atom. The molecule has 1 heterocycles. The molecule has 1 N–H and O–H groups in total. The molecule has 1 aromatic heterocycles. The van der Waals surface area contributed by atoms with Gasteiger partial charge in [-0.15, -0.1) is 0 Å². The van der Waals surface area contributed by atoms with E-state index in [9.17, 15) is 4.39 Å². The van der Waals surface area contributed by atoms with E-state index >= 15 is 0 Å². The molecule has 0 bridgehead atoms. The maximum Gasteiger partial charge on any atom is 0.172 e. The van der Waals surface area contributed by atoms with Gasteiger partial charge in [-0.3, -0.25) is 4.57 Å². The Bertz CT molecular complexity index is 473. The molecule has 0 saturated heterocycles. The fraction of sp³-hybridized carbons (Fsp3) is 0.182. The third kappa shape index (κ3) is 2.43. The molecule has 0 amide bonds. The highest BCUT2D eigenvalue weighted by molar-refractivity contribution is 7.99. The molecule has 0 unspecified atom stereocenters. The third-order valence-electron chi connectivity index (χ3n) is 2.02. The van der Waals surface area contributed by atoms with Crippen LogP contribution in [-0.4, -0.2) is 27.0 Å². The Balaban J connectivity index is 2.29. The maximum atomic E-state index is 13.1. The highest BCUT2D eigenvalue weighted by Crippen LogP contribution is 2.20. The van der Waals surface area contributed by atoms with Gasteiger partial charge in [0, 0.05) is 18.1 Å². The van der Waals surface area contributed by atoms with Crippen molar-refractivity contribution < 1.29 is 9.50 Å². The molecule has 5 heteroatoms. The number of imidazole rings is 1. The van der Waals surface area contributed by atoms with Gasteiger partial charge < -0.3 is 5.11 Å². The normalized spacial score (nSPS) is 10.6. The van der Waals surface area contributed by atoms with Crippen molar-refractivity contribution in [2.75, 3.05) is 12.4 Å². The molecule has 0 aliphatic rings. The topological polar surface area (TPSA) is 38.1 Å². The minimum Gasteiger partial charge on any atom is -0.396 e. The minimum atomic E-state index is -0.274. The van der Waals surface area contributed by atoms with Gasteiger partial charge in [-0.2, -0.15) is 0 Å². The van der Waals surface area contributed by atoms with Crippen LogP contribution >= 0.6 is 11.8 Å². The average Bonchev–Trinajstić information content (AvgIpc) is 2.74. The molecule has 2 aromatic rings. The van der Waals surface area contributed by atoms with Crippen molar-refractivity contribution in [3.8, 4) is 5.69 Å². The van der Waals surface area contributed by atoms with Gasteiger partial charge in [-0.25, -0.2) is 9.37 Å². The SMILES string of the molecule is OCCSc1nccn1-c1cccc(F)c1. The fourth-order valence-electron chi connectivity index (χ4n) is 1.36. The lowest BCUT2D eigenvalue weighted by molar-refractivity contribution is 0.322. The number of nitrogens with zero attached hydrogens (tertiary/aromatic N) is 2. The summed E-state index contributed by atoms with van der Waals surface area (Å²) in [6.45, 7) is 0.0979. The maximum absolute atomic E-state index is 13.1. The van der Waals surface area contributed by atoms with Gasteiger partial charge >= 0.3 is 0 Å². The summed E-state index contributed by atoms with van der Waals surface area (Å²) in [7, 11) is 0. The van der Waals surface area contributed by atoms with E-state index in [0.717, 1.165) is 10.8 Å². The summed E-state index contributed by atoms with van der Waals surface area (Å²) in [6, 6.07) is 6.32. The van der Waals surface area contributed by atoms with Crippen LogP contribution in [0.1, 0.15) is 0 Å². The predicted molar refractivity (Wildman–Crippen MR) is 61.3 cm³/mol. The first-order valence-electron chi connectivity index (χ1n) is 4.84. The molecule has 0 spiro atoms. The summed E-state index contributed by atoms with van der Waals surface area (Å²) in [5.41, 5.74) is 0.734. The highest BCUT2D eigenvalue weighted by atomic mass is 32.2. The van der Waals surface area contributed by atoms with Crippen LogP contribution in [0.5, 0.6) is 0 Å². The first kappa shape index (κ1) is 11.2. The predicted octanol–water partition coefficient (Wildman–Crippen LogP) is 2.10. The van der Waals surface area contributed by atoms with Gasteiger partial charge in [0.1, 0.15) is 5.82 Å². The number of aromatic nitrogens is 2. The summed E-state index contributed by atoms with van der Waals surface area (Å²) in [5, 5.41) is 9.50. The van der Waals surface area contributed by atoms with Crippen LogP contribution in [-0.2, 0) is 0 Å². The molecule has 2 rings (SSSR count). The zero-order valence-corrected chi connectivity index (χ0v) is 9.32. The van der Waals surface area contributed by atoms with Crippen LogP contribution in [0.15, 0.2) is 41.8 Å². The average molecular weight is 238 g/mol. The van der Waals surface area contributed by atoms with Gasteiger partial charge in [0.15, 0.2) is 5.16 Å². The van der Waals surface area contributed by atoms with Gasteiger partial charge in [-0.05, 0) is 18.2 Å². The quantitative estimate of drug-likeness (QED) is 0.829. The first-order chi connectivity index (χ1) is 7.81. The van der Waals surface area contributed by atoms with Gasteiger partial charge in [0.05, 0.1) is 12.3 Å². The van der Waals surface area contributed by atoms with Crippen molar-refractivity contribution in [3.05, 3.63) is 42.5 Å². The Kier molecular flexibility index (Phi) is 3.58. The third-order valence-corrected chi connectivity index (χ3v) is 2.96. The molecule has 0 saturated carbocycles. The minimum absolute atomic E-state index is 0.0979. The van der Waals surface area contributed by atoms with E-state index in [0.29, 0.717) is 5.75 Å². The molecule has 84 valence electrons. The summed E-state index contributed by atoms with van der Waals surface area (Å²) in [5.74, 6) is 0.302. The summed E-state index contributed by atoms with van der Waals surface area (Å²) in [4.78, 5) is 4.15. The number of benzene rings is 1. The molecule has 0 aliphatic heterocycles. The zero-order chi connectivity index (χ0) is 11.4. The Labute approximate surface area is 96.9 Å². The van der Waals surface area contributed by atoms with Crippen LogP contribution < -0.4 is 0 Å². The molecule has 16 heavy (non-hydrogen) atoms. The number of hydrogen-bond acceptors (Lipinski definition) is 3. The number of aliphatic hydroxyl groups is 1. The Hall–Kier alpha value is -1.33. The second kappa shape index (κ2) is 5.14. The molecular weight excluding hydrogens is 227 g/mol. The number of hydrogen-bond donors (Lipinski definition) is 1. The summed E-state index contributed by atoms with van der Waals surface area (Å²) >= 11 is 1.43. The van der Waals surface area contributed by atoms with Gasteiger partial charge in [0.2, 0.25) is 0 Å². The molecular formula is C11H11FN2OS. The van der Waals surface area contributed by atoms with Crippen molar-refractivity contribution in [1.29, 1.82) is 0 Å². The van der Waals surface area contributed by atoms with Crippen LogP contribution in [0.25, 0.3) is 5.69 Å². The molecule has 3 nitrogen and oxygen atoms in total. The molecule has 0 atom stereocenters. The first-order valence-corrected chi connectivity index (χ1v) is 5.83. The molecule has 0 fully saturated rings. The van der Waals surface area contributed by atoms with E-state index in [1.165, 1.54) is 23.9 Å². The van der Waals surface area contributed by atoms with Crippen molar-refractivity contribution in [3.63, 3.8) is 0 Å². The fourth-order valence-corrected chi connectivity index (χ4v) is 2.07. The Morgan fingerprint density at radius 1 is 1.44 bits per heavy atom. The number of rotatable bonds is 4. The van der Waals surface area contributed by atoms with Crippen LogP contribution in [0.3, 0.4) is 0 Å². The molecule has 1 aromatic carbocycles. The lowest BCUT2D eigenvalue weighted by Crippen LogP contribution is -1.97. The second-order valence-electron chi connectivity index (χ2n) is 3.13. The van der Waals surface area contributed by atoms with Crippen molar-refractivity contribution in [2.45, 2.75) is 5.16 Å². The second-order valence-corrected chi connectivity index (χ2v) is 4.19. The van der Waals surface area contributed by atoms with E-state index in [1.54, 1.807) is 23.0 Å².